The number of amides is 1. The van der Waals surface area contributed by atoms with Crippen molar-refractivity contribution in [1.29, 1.82) is 0 Å². The number of hydrogen-bond donors (Lipinski definition) is 1. The lowest BCUT2D eigenvalue weighted by Gasteiger charge is -2.37. The van der Waals surface area contributed by atoms with Crippen molar-refractivity contribution in [3.8, 4) is 0 Å². The van der Waals surface area contributed by atoms with Gasteiger partial charge in [-0.1, -0.05) is 13.8 Å². The van der Waals surface area contributed by atoms with Crippen molar-refractivity contribution in [2.45, 2.75) is 26.7 Å². The van der Waals surface area contributed by atoms with Gasteiger partial charge in [-0.3, -0.25) is 4.79 Å². The van der Waals surface area contributed by atoms with Gasteiger partial charge in [-0.15, -0.1) is 0 Å². The summed E-state index contributed by atoms with van der Waals surface area (Å²) in [6, 6.07) is 0. The first-order valence-corrected chi connectivity index (χ1v) is 6.13. The lowest BCUT2D eigenvalue weighted by Crippen LogP contribution is -2.48. The Bertz CT molecular complexity index is 228. The van der Waals surface area contributed by atoms with Crippen LogP contribution in [0.3, 0.4) is 0 Å². The quantitative estimate of drug-likeness (QED) is 0.740. The van der Waals surface area contributed by atoms with E-state index in [4.69, 9.17) is 0 Å². The molecule has 0 aromatic rings. The van der Waals surface area contributed by atoms with E-state index in [1.165, 1.54) is 6.42 Å². The number of hydrogen-bond acceptors (Lipinski definition) is 2. The molecule has 3 nitrogen and oxygen atoms in total. The second-order valence-corrected chi connectivity index (χ2v) is 5.47. The van der Waals surface area contributed by atoms with Gasteiger partial charge in [0.2, 0.25) is 5.91 Å². The van der Waals surface area contributed by atoms with E-state index in [-0.39, 0.29) is 0 Å². The minimum Gasteiger partial charge on any atom is -0.342 e. The highest BCUT2D eigenvalue weighted by atomic mass is 16.2. The first kappa shape index (κ1) is 10.9. The number of rotatable bonds is 2. The zero-order valence-electron chi connectivity index (χ0n) is 9.83. The Kier molecular flexibility index (Phi) is 3.29. The van der Waals surface area contributed by atoms with Gasteiger partial charge in [-0.2, -0.15) is 0 Å². The Morgan fingerprint density at radius 2 is 1.87 bits per heavy atom. The standard InChI is InChI=1S/C12H22N2O/c1-9-3-10(2)8-14(7-9)12(15)4-11-5-13-6-11/h9-11,13H,3-8H2,1-2H3. The molecule has 1 N–H and O–H groups in total. The second-order valence-electron chi connectivity index (χ2n) is 5.47. The molecule has 2 atom stereocenters. The summed E-state index contributed by atoms with van der Waals surface area (Å²) in [6.07, 6.45) is 2.03. The van der Waals surface area contributed by atoms with Crippen LogP contribution in [0.2, 0.25) is 0 Å². The predicted molar refractivity (Wildman–Crippen MR) is 60.5 cm³/mol. The molecule has 2 saturated heterocycles. The molecule has 15 heavy (non-hydrogen) atoms. The first-order valence-electron chi connectivity index (χ1n) is 6.13. The van der Waals surface area contributed by atoms with Crippen LogP contribution in [0.25, 0.3) is 0 Å². The molecule has 86 valence electrons. The van der Waals surface area contributed by atoms with E-state index in [1.54, 1.807) is 0 Å². The topological polar surface area (TPSA) is 32.3 Å². The lowest BCUT2D eigenvalue weighted by molar-refractivity contribution is -0.135. The maximum atomic E-state index is 12.0. The maximum absolute atomic E-state index is 12.0. The predicted octanol–water partition coefficient (Wildman–Crippen LogP) is 1.10. The van der Waals surface area contributed by atoms with Gasteiger partial charge in [0.05, 0.1) is 0 Å². The Labute approximate surface area is 92.2 Å². The van der Waals surface area contributed by atoms with Crippen LogP contribution in [-0.2, 0) is 4.79 Å². The third-order valence-electron chi connectivity index (χ3n) is 3.55. The Balaban J connectivity index is 1.82. The summed E-state index contributed by atoms with van der Waals surface area (Å²) in [7, 11) is 0. The van der Waals surface area contributed by atoms with Gasteiger partial charge in [0, 0.05) is 19.5 Å². The number of carbonyl (C=O) groups excluding carboxylic acids is 1. The molecule has 0 aliphatic carbocycles. The average Bonchev–Trinajstić information content (AvgIpc) is 2.09. The largest absolute Gasteiger partial charge is 0.342 e. The van der Waals surface area contributed by atoms with Gasteiger partial charge in [0.15, 0.2) is 0 Å². The highest BCUT2D eigenvalue weighted by Gasteiger charge is 2.28. The Hall–Kier alpha value is -0.570. The molecular weight excluding hydrogens is 188 g/mol. The molecule has 0 radical (unpaired) electrons. The summed E-state index contributed by atoms with van der Waals surface area (Å²) in [5, 5.41) is 3.22. The molecule has 2 unspecified atom stereocenters. The van der Waals surface area contributed by atoms with Crippen molar-refractivity contribution in [2.75, 3.05) is 26.2 Å². The van der Waals surface area contributed by atoms with Gasteiger partial charge in [-0.25, -0.2) is 0 Å². The fourth-order valence-electron chi connectivity index (χ4n) is 2.74. The van der Waals surface area contributed by atoms with E-state index in [0.717, 1.165) is 32.6 Å². The molecule has 2 aliphatic rings. The van der Waals surface area contributed by atoms with E-state index in [2.05, 4.69) is 24.1 Å². The van der Waals surface area contributed by atoms with Gasteiger partial charge in [0.25, 0.3) is 0 Å². The molecule has 2 fully saturated rings. The monoisotopic (exact) mass is 210 g/mol. The molecule has 0 spiro atoms. The normalized spacial score (nSPS) is 32.5. The van der Waals surface area contributed by atoms with Crippen LogP contribution in [0.4, 0.5) is 0 Å². The third-order valence-corrected chi connectivity index (χ3v) is 3.55. The van der Waals surface area contributed by atoms with Crippen LogP contribution < -0.4 is 5.32 Å². The second kappa shape index (κ2) is 4.52. The fraction of sp³-hybridized carbons (Fsp3) is 0.917. The van der Waals surface area contributed by atoms with Crippen molar-refractivity contribution < 1.29 is 4.79 Å². The smallest absolute Gasteiger partial charge is 0.222 e. The molecule has 2 rings (SSSR count). The molecule has 0 aromatic heterocycles. The molecule has 3 heteroatoms. The first-order chi connectivity index (χ1) is 7.15. The summed E-state index contributed by atoms with van der Waals surface area (Å²) in [5.41, 5.74) is 0. The number of nitrogens with zero attached hydrogens (tertiary/aromatic N) is 1. The highest BCUT2D eigenvalue weighted by molar-refractivity contribution is 5.76. The average molecular weight is 210 g/mol. The molecule has 1 amide bonds. The van der Waals surface area contributed by atoms with E-state index in [9.17, 15) is 4.79 Å². The van der Waals surface area contributed by atoms with E-state index < -0.39 is 0 Å². The zero-order valence-corrected chi connectivity index (χ0v) is 9.83. The van der Waals surface area contributed by atoms with Gasteiger partial charge in [-0.05, 0) is 37.3 Å². The molecule has 2 heterocycles. The summed E-state index contributed by atoms with van der Waals surface area (Å²) >= 11 is 0. The van der Waals surface area contributed by atoms with E-state index in [0.29, 0.717) is 23.7 Å². The van der Waals surface area contributed by atoms with Crippen LogP contribution in [-0.4, -0.2) is 37.0 Å². The Morgan fingerprint density at radius 1 is 1.27 bits per heavy atom. The van der Waals surface area contributed by atoms with E-state index in [1.807, 2.05) is 0 Å². The minimum atomic E-state index is 0.375. The molecule has 2 aliphatic heterocycles. The van der Waals surface area contributed by atoms with Crippen LogP contribution >= 0.6 is 0 Å². The van der Waals surface area contributed by atoms with Crippen LogP contribution in [0.15, 0.2) is 0 Å². The van der Waals surface area contributed by atoms with E-state index >= 15 is 0 Å². The summed E-state index contributed by atoms with van der Waals surface area (Å²) in [6.45, 7) is 8.52. The van der Waals surface area contributed by atoms with Crippen molar-refractivity contribution in [3.63, 3.8) is 0 Å². The summed E-state index contributed by atoms with van der Waals surface area (Å²) < 4.78 is 0. The lowest BCUT2D eigenvalue weighted by atomic mass is 9.90. The fourth-order valence-corrected chi connectivity index (χ4v) is 2.74. The maximum Gasteiger partial charge on any atom is 0.222 e. The van der Waals surface area contributed by atoms with Crippen molar-refractivity contribution >= 4 is 5.91 Å². The number of piperidine rings is 1. The number of carbonyl (C=O) groups is 1. The van der Waals surface area contributed by atoms with Crippen molar-refractivity contribution in [2.24, 2.45) is 17.8 Å². The molecule has 0 saturated carbocycles. The number of nitrogens with one attached hydrogen (secondary N) is 1. The van der Waals surface area contributed by atoms with Crippen LogP contribution in [0.1, 0.15) is 26.7 Å². The minimum absolute atomic E-state index is 0.375. The van der Waals surface area contributed by atoms with Crippen molar-refractivity contribution in [1.82, 2.24) is 10.2 Å². The van der Waals surface area contributed by atoms with Gasteiger partial charge < -0.3 is 10.2 Å². The van der Waals surface area contributed by atoms with Gasteiger partial charge in [0.1, 0.15) is 0 Å². The Morgan fingerprint density at radius 3 is 2.33 bits per heavy atom. The van der Waals surface area contributed by atoms with Crippen molar-refractivity contribution in [3.05, 3.63) is 0 Å². The summed E-state index contributed by atoms with van der Waals surface area (Å²) in [5.74, 6) is 2.33. The molecule has 0 bridgehead atoms. The third kappa shape index (κ3) is 2.71. The molecule has 0 aromatic carbocycles. The highest BCUT2D eigenvalue weighted by Crippen LogP contribution is 2.22. The number of likely N-dealkylation sites (tertiary alicyclic amines) is 1. The summed E-state index contributed by atoms with van der Waals surface area (Å²) in [4.78, 5) is 14.1. The zero-order chi connectivity index (χ0) is 10.8. The van der Waals surface area contributed by atoms with Crippen LogP contribution in [0.5, 0.6) is 0 Å². The molecular formula is C12H22N2O. The van der Waals surface area contributed by atoms with Gasteiger partial charge >= 0.3 is 0 Å². The van der Waals surface area contributed by atoms with Crippen LogP contribution in [0, 0.1) is 17.8 Å². The SMILES string of the molecule is CC1CC(C)CN(C(=O)CC2CNC2)C1.